The van der Waals surface area contributed by atoms with Crippen molar-refractivity contribution >= 4 is 21.4 Å². The van der Waals surface area contributed by atoms with Gasteiger partial charge in [0.1, 0.15) is 0 Å². The van der Waals surface area contributed by atoms with Crippen LogP contribution in [0.5, 0.6) is 0 Å². The third kappa shape index (κ3) is 4.52. The molecule has 0 amide bonds. The lowest BCUT2D eigenvalue weighted by molar-refractivity contribution is 0.565. The Hall–Kier alpha value is -1.43. The van der Waals surface area contributed by atoms with Crippen LogP contribution >= 0.6 is 11.6 Å². The van der Waals surface area contributed by atoms with Crippen LogP contribution in [-0.4, -0.2) is 25.7 Å². The van der Waals surface area contributed by atoms with Crippen LogP contribution in [0.25, 0.3) is 0 Å². The van der Waals surface area contributed by atoms with Crippen molar-refractivity contribution in [2.75, 3.05) is 12.3 Å². The smallest absolute Gasteiger partial charge is 0.179 e. The van der Waals surface area contributed by atoms with Crippen molar-refractivity contribution in [2.24, 2.45) is 0 Å². The number of aromatic nitrogens is 1. The molecule has 6 heteroatoms. The SMILES string of the molecule is CC(NCCS(=O)(=O)c1ccc(Cl)cc1)c1ccccn1. The molecule has 1 unspecified atom stereocenters. The van der Waals surface area contributed by atoms with Crippen molar-refractivity contribution in [3.8, 4) is 0 Å². The molecule has 0 saturated carbocycles. The van der Waals surface area contributed by atoms with E-state index in [4.69, 9.17) is 11.6 Å². The van der Waals surface area contributed by atoms with Crippen molar-refractivity contribution in [3.05, 3.63) is 59.4 Å². The minimum Gasteiger partial charge on any atom is -0.308 e. The maximum atomic E-state index is 12.2. The van der Waals surface area contributed by atoms with E-state index in [9.17, 15) is 8.42 Å². The summed E-state index contributed by atoms with van der Waals surface area (Å²) in [4.78, 5) is 4.53. The Morgan fingerprint density at radius 1 is 1.19 bits per heavy atom. The van der Waals surface area contributed by atoms with Gasteiger partial charge >= 0.3 is 0 Å². The average molecular weight is 325 g/mol. The van der Waals surface area contributed by atoms with Gasteiger partial charge in [-0.2, -0.15) is 0 Å². The molecular weight excluding hydrogens is 308 g/mol. The summed E-state index contributed by atoms with van der Waals surface area (Å²) in [5.74, 6) is 0.0335. The highest BCUT2D eigenvalue weighted by molar-refractivity contribution is 7.91. The number of benzene rings is 1. The van der Waals surface area contributed by atoms with Gasteiger partial charge in [0.2, 0.25) is 0 Å². The molecule has 0 spiro atoms. The zero-order valence-electron chi connectivity index (χ0n) is 11.7. The zero-order valence-corrected chi connectivity index (χ0v) is 13.2. The van der Waals surface area contributed by atoms with Crippen LogP contribution in [0.4, 0.5) is 0 Å². The van der Waals surface area contributed by atoms with E-state index >= 15 is 0 Å². The highest BCUT2D eigenvalue weighted by Crippen LogP contribution is 2.15. The Labute approximate surface area is 130 Å². The number of nitrogens with zero attached hydrogens (tertiary/aromatic N) is 1. The molecule has 1 aromatic carbocycles. The van der Waals surface area contributed by atoms with Crippen LogP contribution in [0.1, 0.15) is 18.7 Å². The first kappa shape index (κ1) is 15.9. The standard InChI is InChI=1S/C15H17ClN2O2S/c1-12(15-4-2-3-9-18-15)17-10-11-21(19,20)14-7-5-13(16)6-8-14/h2-9,12,17H,10-11H2,1H3. The molecule has 1 aromatic heterocycles. The maximum absolute atomic E-state index is 12.2. The van der Waals surface area contributed by atoms with Gasteiger partial charge < -0.3 is 5.32 Å². The first-order valence-corrected chi connectivity index (χ1v) is 8.65. The van der Waals surface area contributed by atoms with Crippen molar-refractivity contribution in [1.29, 1.82) is 0 Å². The normalized spacial score (nSPS) is 13.0. The minimum absolute atomic E-state index is 0.00613. The predicted molar refractivity (Wildman–Crippen MR) is 84.2 cm³/mol. The second-order valence-electron chi connectivity index (χ2n) is 4.70. The molecule has 0 aliphatic heterocycles. The minimum atomic E-state index is -3.30. The Morgan fingerprint density at radius 2 is 1.90 bits per heavy atom. The predicted octanol–water partition coefficient (Wildman–Crippen LogP) is 2.86. The molecule has 112 valence electrons. The molecular formula is C15H17ClN2O2S. The number of nitrogens with one attached hydrogen (secondary N) is 1. The van der Waals surface area contributed by atoms with Gasteiger partial charge in [0.05, 0.1) is 16.3 Å². The van der Waals surface area contributed by atoms with Crippen LogP contribution in [-0.2, 0) is 9.84 Å². The van der Waals surface area contributed by atoms with Crippen molar-refractivity contribution in [1.82, 2.24) is 10.3 Å². The topological polar surface area (TPSA) is 59.1 Å². The fourth-order valence-corrected chi connectivity index (χ4v) is 3.21. The van der Waals surface area contributed by atoms with Crippen LogP contribution in [0.15, 0.2) is 53.6 Å². The van der Waals surface area contributed by atoms with E-state index in [1.807, 2.05) is 25.1 Å². The summed E-state index contributed by atoms with van der Waals surface area (Å²) in [5.41, 5.74) is 0.890. The molecule has 1 heterocycles. The molecule has 4 nitrogen and oxygen atoms in total. The van der Waals surface area contributed by atoms with Crippen molar-refractivity contribution < 1.29 is 8.42 Å². The van der Waals surface area contributed by atoms with Crippen LogP contribution in [0.2, 0.25) is 5.02 Å². The fourth-order valence-electron chi connectivity index (χ4n) is 1.91. The highest BCUT2D eigenvalue weighted by Gasteiger charge is 2.15. The molecule has 0 bridgehead atoms. The summed E-state index contributed by atoms with van der Waals surface area (Å²) < 4.78 is 24.3. The monoisotopic (exact) mass is 324 g/mol. The molecule has 0 aliphatic rings. The van der Waals surface area contributed by atoms with E-state index in [1.54, 1.807) is 18.3 Å². The first-order chi connectivity index (χ1) is 9.99. The molecule has 1 N–H and O–H groups in total. The molecule has 1 atom stereocenters. The molecule has 0 aliphatic carbocycles. The number of pyridine rings is 1. The van der Waals surface area contributed by atoms with E-state index in [-0.39, 0.29) is 11.8 Å². The van der Waals surface area contributed by atoms with Gasteiger partial charge in [-0.3, -0.25) is 4.98 Å². The molecule has 2 rings (SSSR count). The number of rotatable bonds is 6. The molecule has 2 aromatic rings. The quantitative estimate of drug-likeness (QED) is 0.887. The highest BCUT2D eigenvalue weighted by atomic mass is 35.5. The number of hydrogen-bond acceptors (Lipinski definition) is 4. The van der Waals surface area contributed by atoms with E-state index < -0.39 is 9.84 Å². The lowest BCUT2D eigenvalue weighted by Crippen LogP contribution is -2.26. The second kappa shape index (κ2) is 7.02. The fraction of sp³-hybridized carbons (Fsp3) is 0.267. The Kier molecular flexibility index (Phi) is 5.33. The number of hydrogen-bond donors (Lipinski definition) is 1. The van der Waals surface area contributed by atoms with Gasteiger partial charge in [-0.1, -0.05) is 17.7 Å². The van der Waals surface area contributed by atoms with E-state index in [1.165, 1.54) is 12.1 Å². The van der Waals surface area contributed by atoms with Crippen LogP contribution < -0.4 is 5.32 Å². The average Bonchev–Trinajstić information content (AvgIpc) is 2.48. The van der Waals surface area contributed by atoms with Crippen molar-refractivity contribution in [2.45, 2.75) is 17.9 Å². The number of sulfone groups is 1. The van der Waals surface area contributed by atoms with Gasteiger partial charge in [0.15, 0.2) is 9.84 Å². The lowest BCUT2D eigenvalue weighted by atomic mass is 10.2. The van der Waals surface area contributed by atoms with E-state index in [0.29, 0.717) is 16.5 Å². The first-order valence-electron chi connectivity index (χ1n) is 6.62. The summed E-state index contributed by atoms with van der Waals surface area (Å²) in [6.07, 6.45) is 1.72. The lowest BCUT2D eigenvalue weighted by Gasteiger charge is -2.13. The largest absolute Gasteiger partial charge is 0.308 e. The summed E-state index contributed by atoms with van der Waals surface area (Å²) in [6, 6.07) is 11.9. The number of halogens is 1. The van der Waals surface area contributed by atoms with Crippen LogP contribution in [0.3, 0.4) is 0 Å². The summed E-state index contributed by atoms with van der Waals surface area (Å²) >= 11 is 5.76. The second-order valence-corrected chi connectivity index (χ2v) is 7.25. The zero-order chi connectivity index (χ0) is 15.3. The van der Waals surface area contributed by atoms with Gasteiger partial charge in [-0.25, -0.2) is 8.42 Å². The van der Waals surface area contributed by atoms with Crippen molar-refractivity contribution in [3.63, 3.8) is 0 Å². The van der Waals surface area contributed by atoms with E-state index in [2.05, 4.69) is 10.3 Å². The third-order valence-corrected chi connectivity index (χ3v) is 5.11. The third-order valence-electron chi connectivity index (χ3n) is 3.13. The molecule has 0 saturated heterocycles. The summed E-state index contributed by atoms with van der Waals surface area (Å²) in [7, 11) is -3.30. The molecule has 0 radical (unpaired) electrons. The van der Waals surface area contributed by atoms with Crippen LogP contribution in [0, 0.1) is 0 Å². The Balaban J connectivity index is 1.92. The van der Waals surface area contributed by atoms with Gasteiger partial charge in [-0.15, -0.1) is 0 Å². The summed E-state index contributed by atoms with van der Waals surface area (Å²) in [5, 5.41) is 3.69. The maximum Gasteiger partial charge on any atom is 0.179 e. The Morgan fingerprint density at radius 3 is 2.52 bits per heavy atom. The Bertz CT molecular complexity index is 673. The molecule has 0 fully saturated rings. The molecule has 21 heavy (non-hydrogen) atoms. The summed E-state index contributed by atoms with van der Waals surface area (Å²) in [6.45, 7) is 2.32. The van der Waals surface area contributed by atoms with Gasteiger partial charge in [0.25, 0.3) is 0 Å². The van der Waals surface area contributed by atoms with E-state index in [0.717, 1.165) is 5.69 Å². The van der Waals surface area contributed by atoms with Gasteiger partial charge in [0, 0.05) is 23.8 Å². The van der Waals surface area contributed by atoms with Gasteiger partial charge in [-0.05, 0) is 43.3 Å².